The summed E-state index contributed by atoms with van der Waals surface area (Å²) in [4.78, 5) is 0. The van der Waals surface area contributed by atoms with Crippen molar-refractivity contribution in [2.45, 2.75) is 13.3 Å². The molecule has 0 aromatic heterocycles. The molecule has 0 aliphatic rings. The number of anilines is 1. The first-order valence-electron chi connectivity index (χ1n) is 6.49. The summed E-state index contributed by atoms with van der Waals surface area (Å²) in [5.41, 5.74) is 1.68. The Balaban J connectivity index is 2.14. The Morgan fingerprint density at radius 1 is 1.14 bits per heavy atom. The third-order valence-electron chi connectivity index (χ3n) is 2.86. The maximum absolute atomic E-state index is 12.5. The molecule has 2 aromatic rings. The van der Waals surface area contributed by atoms with Crippen molar-refractivity contribution in [1.29, 1.82) is 0 Å². The van der Waals surface area contributed by atoms with E-state index in [0.29, 0.717) is 21.5 Å². The monoisotopic (exact) mass is 343 g/mol. The van der Waals surface area contributed by atoms with Gasteiger partial charge in [-0.05, 0) is 42.3 Å². The molecule has 0 saturated heterocycles. The first kappa shape index (κ1) is 16.2. The maximum Gasteiger partial charge on any atom is 0.338 e. The van der Waals surface area contributed by atoms with Gasteiger partial charge in [0.15, 0.2) is 0 Å². The lowest BCUT2D eigenvalue weighted by molar-refractivity contribution is 0.493. The first-order valence-corrected chi connectivity index (χ1v) is 9.32. The molecule has 0 aliphatic heterocycles. The van der Waals surface area contributed by atoms with Crippen LogP contribution in [0.15, 0.2) is 42.5 Å². The van der Waals surface area contributed by atoms with Gasteiger partial charge in [-0.1, -0.05) is 42.3 Å². The largest absolute Gasteiger partial charge is 0.429 e. The highest BCUT2D eigenvalue weighted by Gasteiger charge is 2.19. The zero-order valence-electron chi connectivity index (χ0n) is 11.8. The summed E-state index contributed by atoms with van der Waals surface area (Å²) in [7, 11) is -3.10. The van der Waals surface area contributed by atoms with E-state index in [1.54, 1.807) is 30.3 Å². The van der Waals surface area contributed by atoms with Gasteiger partial charge in [-0.25, -0.2) is 0 Å². The highest BCUT2D eigenvalue weighted by molar-refractivity contribution is 7.60. The lowest BCUT2D eigenvalue weighted by Gasteiger charge is -2.18. The van der Waals surface area contributed by atoms with E-state index in [9.17, 15) is 4.57 Å². The van der Waals surface area contributed by atoms with Crippen LogP contribution in [-0.4, -0.2) is 6.66 Å². The number of aryl methyl sites for hydroxylation is 1. The van der Waals surface area contributed by atoms with Crippen LogP contribution in [0.2, 0.25) is 10.0 Å². The summed E-state index contributed by atoms with van der Waals surface area (Å²) >= 11 is 12.0. The molecule has 0 radical (unpaired) electrons. The fourth-order valence-electron chi connectivity index (χ4n) is 1.81. The number of nitrogens with one attached hydrogen (secondary N) is 1. The molecule has 1 N–H and O–H groups in total. The number of hydrogen-bond acceptors (Lipinski definition) is 2. The highest BCUT2D eigenvalue weighted by atomic mass is 35.5. The normalized spacial score (nSPS) is 13.5. The van der Waals surface area contributed by atoms with E-state index in [-0.39, 0.29) is 0 Å². The van der Waals surface area contributed by atoms with Crippen molar-refractivity contribution in [2.75, 3.05) is 11.8 Å². The van der Waals surface area contributed by atoms with Crippen LogP contribution in [0.4, 0.5) is 5.69 Å². The molecule has 2 rings (SSSR count). The Bertz CT molecular complexity index is 674. The lowest BCUT2D eigenvalue weighted by Crippen LogP contribution is -2.02. The Morgan fingerprint density at radius 3 is 2.43 bits per heavy atom. The molecule has 2 aromatic carbocycles. The molecule has 6 heteroatoms. The summed E-state index contributed by atoms with van der Waals surface area (Å²) in [5, 5.41) is 3.77. The quantitative estimate of drug-likeness (QED) is 0.690. The van der Waals surface area contributed by atoms with Gasteiger partial charge in [0.2, 0.25) is 0 Å². The predicted octanol–water partition coefficient (Wildman–Crippen LogP) is 5.87. The van der Waals surface area contributed by atoms with Gasteiger partial charge in [-0.3, -0.25) is 4.57 Å². The predicted molar refractivity (Wildman–Crippen MR) is 90.1 cm³/mol. The van der Waals surface area contributed by atoms with E-state index in [1.807, 2.05) is 12.1 Å². The van der Waals surface area contributed by atoms with Crippen LogP contribution in [0.1, 0.15) is 12.5 Å². The zero-order chi connectivity index (χ0) is 15.5. The van der Waals surface area contributed by atoms with Gasteiger partial charge in [0.1, 0.15) is 5.75 Å². The van der Waals surface area contributed by atoms with Gasteiger partial charge >= 0.3 is 7.52 Å². The van der Waals surface area contributed by atoms with E-state index in [0.717, 1.165) is 6.42 Å². The highest BCUT2D eigenvalue weighted by Crippen LogP contribution is 2.45. The van der Waals surface area contributed by atoms with Crippen LogP contribution in [-0.2, 0) is 11.0 Å². The third-order valence-corrected chi connectivity index (χ3v) is 4.63. The topological polar surface area (TPSA) is 38.3 Å². The Hall–Kier alpha value is -1.15. The van der Waals surface area contributed by atoms with E-state index in [2.05, 4.69) is 12.0 Å². The second kappa shape index (κ2) is 6.74. The fourth-order valence-corrected chi connectivity index (χ4v) is 3.41. The lowest BCUT2D eigenvalue weighted by atomic mass is 10.2. The number of hydrogen-bond donors (Lipinski definition) is 1. The van der Waals surface area contributed by atoms with Crippen molar-refractivity contribution >= 4 is 36.4 Å². The summed E-state index contributed by atoms with van der Waals surface area (Å²) < 4.78 is 18.1. The Labute approximate surface area is 134 Å². The minimum Gasteiger partial charge on any atom is -0.429 e. The Morgan fingerprint density at radius 2 is 1.81 bits per heavy atom. The smallest absolute Gasteiger partial charge is 0.338 e. The number of benzene rings is 2. The van der Waals surface area contributed by atoms with Crippen molar-refractivity contribution in [2.24, 2.45) is 0 Å². The molecule has 0 saturated carbocycles. The van der Waals surface area contributed by atoms with E-state index >= 15 is 0 Å². The zero-order valence-corrected chi connectivity index (χ0v) is 14.2. The molecular weight excluding hydrogens is 328 g/mol. The van der Waals surface area contributed by atoms with Crippen LogP contribution < -0.4 is 9.61 Å². The minimum absolute atomic E-state index is 0.436. The van der Waals surface area contributed by atoms with Crippen molar-refractivity contribution in [1.82, 2.24) is 0 Å². The second-order valence-corrected chi connectivity index (χ2v) is 7.61. The molecule has 0 heterocycles. The molecule has 1 unspecified atom stereocenters. The van der Waals surface area contributed by atoms with E-state index < -0.39 is 7.52 Å². The molecule has 0 bridgehead atoms. The molecule has 0 spiro atoms. The van der Waals surface area contributed by atoms with Crippen LogP contribution in [0, 0.1) is 0 Å². The summed E-state index contributed by atoms with van der Waals surface area (Å²) in [5.74, 6) is 0.545. The van der Waals surface area contributed by atoms with Crippen LogP contribution >= 0.6 is 30.7 Å². The molecule has 3 nitrogen and oxygen atoms in total. The average Bonchev–Trinajstić information content (AvgIpc) is 2.43. The van der Waals surface area contributed by atoms with Gasteiger partial charge in [0.05, 0.1) is 10.7 Å². The molecule has 112 valence electrons. The number of halogens is 2. The summed E-state index contributed by atoms with van der Waals surface area (Å²) in [6.07, 6.45) is 0.945. The standard InChI is InChI=1S/C15H16Cl2NO2P/c1-3-11-4-7-13(8-5-11)20-21(2,19)18-15-10-12(16)6-9-14(15)17/h4-10H,3H2,1-2H3,(H,18,19). The Kier molecular flexibility index (Phi) is 5.21. The van der Waals surface area contributed by atoms with Crippen LogP contribution in [0.5, 0.6) is 5.75 Å². The van der Waals surface area contributed by atoms with Crippen LogP contribution in [0.3, 0.4) is 0 Å². The first-order chi connectivity index (χ1) is 9.89. The molecular formula is C15H16Cl2NO2P. The minimum atomic E-state index is -3.10. The van der Waals surface area contributed by atoms with Crippen molar-refractivity contribution in [3.63, 3.8) is 0 Å². The fraction of sp³-hybridized carbons (Fsp3) is 0.200. The van der Waals surface area contributed by atoms with Gasteiger partial charge in [-0.2, -0.15) is 0 Å². The average molecular weight is 344 g/mol. The van der Waals surface area contributed by atoms with Gasteiger partial charge in [0.25, 0.3) is 0 Å². The second-order valence-electron chi connectivity index (χ2n) is 4.67. The third kappa shape index (κ3) is 4.67. The molecule has 1 atom stereocenters. The molecule has 0 fully saturated rings. The van der Waals surface area contributed by atoms with Gasteiger partial charge in [-0.15, -0.1) is 0 Å². The van der Waals surface area contributed by atoms with E-state index in [4.69, 9.17) is 27.7 Å². The summed E-state index contributed by atoms with van der Waals surface area (Å²) in [6, 6.07) is 12.4. The van der Waals surface area contributed by atoms with E-state index in [1.165, 1.54) is 12.2 Å². The van der Waals surface area contributed by atoms with Gasteiger partial charge < -0.3 is 9.61 Å². The van der Waals surface area contributed by atoms with Crippen molar-refractivity contribution < 1.29 is 9.09 Å². The number of rotatable bonds is 5. The van der Waals surface area contributed by atoms with Crippen molar-refractivity contribution in [3.8, 4) is 5.75 Å². The summed E-state index contributed by atoms with van der Waals surface area (Å²) in [6.45, 7) is 3.57. The van der Waals surface area contributed by atoms with Gasteiger partial charge in [0, 0.05) is 11.7 Å². The van der Waals surface area contributed by atoms with Crippen molar-refractivity contribution in [3.05, 3.63) is 58.1 Å². The SMILES string of the molecule is CCc1ccc(OP(C)(=O)Nc2cc(Cl)ccc2Cl)cc1. The molecule has 0 amide bonds. The molecule has 21 heavy (non-hydrogen) atoms. The van der Waals surface area contributed by atoms with Crippen LogP contribution in [0.25, 0.3) is 0 Å². The maximum atomic E-state index is 12.5. The molecule has 0 aliphatic carbocycles.